The molecule has 7 heteroatoms. The summed E-state index contributed by atoms with van der Waals surface area (Å²) in [5.74, 6) is -0.297. The van der Waals surface area contributed by atoms with E-state index in [2.05, 4.69) is 0 Å². The lowest BCUT2D eigenvalue weighted by Crippen LogP contribution is -2.45. The first kappa shape index (κ1) is 15.4. The highest BCUT2D eigenvalue weighted by Crippen LogP contribution is 2.40. The number of rotatable bonds is 2. The molecule has 126 valence electrons. The number of anilines is 1. The molecule has 4 amide bonds. The molecule has 6 nitrogen and oxygen atoms in total. The van der Waals surface area contributed by atoms with Crippen LogP contribution in [0.1, 0.15) is 26.2 Å². The van der Waals surface area contributed by atoms with Gasteiger partial charge in [0.1, 0.15) is 5.54 Å². The van der Waals surface area contributed by atoms with E-state index in [1.54, 1.807) is 28.0 Å². The minimum Gasteiger partial charge on any atom is -0.310 e. The number of carbonyl (C=O) groups excluding carboxylic acids is 3. The lowest BCUT2D eigenvalue weighted by Gasteiger charge is -2.23. The number of carbonyl (C=O) groups is 3. The number of urea groups is 1. The van der Waals surface area contributed by atoms with Crippen LogP contribution in [0, 0.1) is 0 Å². The number of benzene rings is 1. The predicted octanol–water partition coefficient (Wildman–Crippen LogP) is 2.26. The van der Waals surface area contributed by atoms with E-state index in [-0.39, 0.29) is 24.3 Å². The summed E-state index contributed by atoms with van der Waals surface area (Å²) in [5.41, 5.74) is -0.115. The van der Waals surface area contributed by atoms with Crippen molar-refractivity contribution >= 4 is 35.1 Å². The van der Waals surface area contributed by atoms with Gasteiger partial charge in [-0.2, -0.15) is 0 Å². The number of halogens is 1. The van der Waals surface area contributed by atoms with Crippen LogP contribution in [-0.4, -0.2) is 52.3 Å². The molecule has 1 aromatic carbocycles. The summed E-state index contributed by atoms with van der Waals surface area (Å²) < 4.78 is 0. The van der Waals surface area contributed by atoms with Gasteiger partial charge in [-0.25, -0.2) is 4.79 Å². The number of para-hydroxylation sites is 1. The molecule has 0 unspecified atom stereocenters. The van der Waals surface area contributed by atoms with Crippen LogP contribution in [0.5, 0.6) is 0 Å². The molecule has 3 aliphatic rings. The maximum absolute atomic E-state index is 12.8. The standard InChI is InChI=1S/C17H18ClN3O3/c1-17-7-4-8-20(17)16(24)21(15(17)23)11-9-14(22)19(10-11)13-6-3-2-5-12(13)18/h2-3,5-6,11H,4,7-10H2,1H3/t11-,17-/m1/s1. The molecule has 0 aromatic heterocycles. The Balaban J connectivity index is 1.61. The van der Waals surface area contributed by atoms with Crippen molar-refractivity contribution in [2.24, 2.45) is 0 Å². The first-order chi connectivity index (χ1) is 11.4. The second kappa shape index (κ2) is 5.21. The minimum atomic E-state index is -0.738. The van der Waals surface area contributed by atoms with Gasteiger partial charge in [-0.3, -0.25) is 14.5 Å². The van der Waals surface area contributed by atoms with Crippen molar-refractivity contribution in [3.63, 3.8) is 0 Å². The number of fused-ring (bicyclic) bond motifs is 1. The lowest BCUT2D eigenvalue weighted by molar-refractivity contribution is -0.133. The molecule has 3 aliphatic heterocycles. The maximum atomic E-state index is 12.8. The third-order valence-electron chi connectivity index (χ3n) is 5.37. The molecular formula is C17H18ClN3O3. The van der Waals surface area contributed by atoms with E-state index in [0.29, 0.717) is 30.2 Å². The Bertz CT molecular complexity index is 752. The molecule has 1 aromatic rings. The van der Waals surface area contributed by atoms with Gasteiger partial charge in [-0.15, -0.1) is 0 Å². The highest BCUT2D eigenvalue weighted by molar-refractivity contribution is 6.33. The summed E-state index contributed by atoms with van der Waals surface area (Å²) in [7, 11) is 0. The Morgan fingerprint density at radius 2 is 1.96 bits per heavy atom. The van der Waals surface area contributed by atoms with Crippen LogP contribution in [0.15, 0.2) is 24.3 Å². The van der Waals surface area contributed by atoms with E-state index in [1.807, 2.05) is 13.0 Å². The van der Waals surface area contributed by atoms with Gasteiger partial charge in [-0.1, -0.05) is 23.7 Å². The second-order valence-corrected chi connectivity index (χ2v) is 7.21. The summed E-state index contributed by atoms with van der Waals surface area (Å²) in [6.07, 6.45) is 1.67. The quantitative estimate of drug-likeness (QED) is 0.771. The number of nitrogens with zero attached hydrogens (tertiary/aromatic N) is 3. The largest absolute Gasteiger partial charge is 0.328 e. The van der Waals surface area contributed by atoms with Crippen molar-refractivity contribution in [3.8, 4) is 0 Å². The van der Waals surface area contributed by atoms with Crippen molar-refractivity contribution in [2.45, 2.75) is 37.8 Å². The molecule has 4 rings (SSSR count). The number of amides is 4. The first-order valence-corrected chi connectivity index (χ1v) is 8.51. The summed E-state index contributed by atoms with van der Waals surface area (Å²) in [5, 5.41) is 0.484. The monoisotopic (exact) mass is 347 g/mol. The number of hydrogen-bond acceptors (Lipinski definition) is 3. The van der Waals surface area contributed by atoms with Gasteiger partial charge in [0.25, 0.3) is 5.91 Å². The van der Waals surface area contributed by atoms with E-state index >= 15 is 0 Å². The third-order valence-corrected chi connectivity index (χ3v) is 5.69. The maximum Gasteiger partial charge on any atom is 0.328 e. The molecule has 0 spiro atoms. The summed E-state index contributed by atoms with van der Waals surface area (Å²) >= 11 is 6.18. The van der Waals surface area contributed by atoms with Gasteiger partial charge >= 0.3 is 6.03 Å². The predicted molar refractivity (Wildman–Crippen MR) is 88.8 cm³/mol. The highest BCUT2D eigenvalue weighted by Gasteiger charge is 2.59. The smallest absolute Gasteiger partial charge is 0.310 e. The Labute approximate surface area is 144 Å². The van der Waals surface area contributed by atoms with Crippen LogP contribution in [0.4, 0.5) is 10.5 Å². The molecule has 3 saturated heterocycles. The molecule has 24 heavy (non-hydrogen) atoms. The summed E-state index contributed by atoms with van der Waals surface area (Å²) in [6, 6.07) is 6.41. The molecule has 3 fully saturated rings. The number of imide groups is 1. The van der Waals surface area contributed by atoms with E-state index in [9.17, 15) is 14.4 Å². The van der Waals surface area contributed by atoms with Crippen molar-refractivity contribution in [2.75, 3.05) is 18.0 Å². The Morgan fingerprint density at radius 1 is 1.21 bits per heavy atom. The molecule has 0 saturated carbocycles. The van der Waals surface area contributed by atoms with Gasteiger partial charge in [0.05, 0.1) is 16.8 Å². The SMILES string of the molecule is C[C@]12CCCN1C(=O)N([C@@H]1CC(=O)N(c3ccccc3Cl)C1)C2=O. The zero-order valence-electron chi connectivity index (χ0n) is 13.4. The van der Waals surface area contributed by atoms with E-state index in [4.69, 9.17) is 11.6 Å². The normalized spacial score (nSPS) is 29.8. The van der Waals surface area contributed by atoms with E-state index in [1.165, 1.54) is 4.90 Å². The highest BCUT2D eigenvalue weighted by atomic mass is 35.5. The average Bonchev–Trinajstić information content (AvgIpc) is 3.16. The molecule has 0 aliphatic carbocycles. The van der Waals surface area contributed by atoms with Crippen LogP contribution < -0.4 is 4.90 Å². The second-order valence-electron chi connectivity index (χ2n) is 6.80. The van der Waals surface area contributed by atoms with Crippen LogP contribution in [0.25, 0.3) is 0 Å². The topological polar surface area (TPSA) is 60.9 Å². The van der Waals surface area contributed by atoms with Gasteiger partial charge in [0.2, 0.25) is 5.91 Å². The van der Waals surface area contributed by atoms with Gasteiger partial charge in [0.15, 0.2) is 0 Å². The van der Waals surface area contributed by atoms with Crippen molar-refractivity contribution in [1.82, 2.24) is 9.80 Å². The summed E-state index contributed by atoms with van der Waals surface area (Å²) in [6.45, 7) is 2.72. The fraction of sp³-hybridized carbons (Fsp3) is 0.471. The average molecular weight is 348 g/mol. The van der Waals surface area contributed by atoms with Gasteiger partial charge < -0.3 is 9.80 Å². The van der Waals surface area contributed by atoms with Crippen LogP contribution in [-0.2, 0) is 9.59 Å². The van der Waals surface area contributed by atoms with Gasteiger partial charge in [-0.05, 0) is 31.9 Å². The van der Waals surface area contributed by atoms with Crippen LogP contribution in [0.2, 0.25) is 5.02 Å². The van der Waals surface area contributed by atoms with E-state index < -0.39 is 11.6 Å². The molecule has 0 radical (unpaired) electrons. The Hall–Kier alpha value is -2.08. The third kappa shape index (κ3) is 1.99. The lowest BCUT2D eigenvalue weighted by atomic mass is 9.99. The number of hydrogen-bond donors (Lipinski definition) is 0. The zero-order chi connectivity index (χ0) is 17.1. The molecule has 2 atom stereocenters. The van der Waals surface area contributed by atoms with Crippen LogP contribution in [0.3, 0.4) is 0 Å². The van der Waals surface area contributed by atoms with Crippen molar-refractivity contribution < 1.29 is 14.4 Å². The minimum absolute atomic E-state index is 0.120. The molecular weight excluding hydrogens is 330 g/mol. The fourth-order valence-corrected chi connectivity index (χ4v) is 4.29. The van der Waals surface area contributed by atoms with Crippen molar-refractivity contribution in [1.29, 1.82) is 0 Å². The van der Waals surface area contributed by atoms with E-state index in [0.717, 1.165) is 6.42 Å². The van der Waals surface area contributed by atoms with Crippen LogP contribution >= 0.6 is 11.6 Å². The summed E-state index contributed by atoms with van der Waals surface area (Å²) in [4.78, 5) is 42.5. The molecule has 3 heterocycles. The zero-order valence-corrected chi connectivity index (χ0v) is 14.1. The van der Waals surface area contributed by atoms with Crippen molar-refractivity contribution in [3.05, 3.63) is 29.3 Å². The molecule has 0 N–H and O–H groups in total. The first-order valence-electron chi connectivity index (χ1n) is 8.13. The Morgan fingerprint density at radius 3 is 2.67 bits per heavy atom. The Kier molecular flexibility index (Phi) is 3.35. The van der Waals surface area contributed by atoms with Gasteiger partial charge in [0, 0.05) is 19.5 Å². The fourth-order valence-electron chi connectivity index (χ4n) is 4.06. The molecule has 0 bridgehead atoms.